The van der Waals surface area contributed by atoms with Gasteiger partial charge in [-0.25, -0.2) is 8.42 Å². The van der Waals surface area contributed by atoms with Crippen LogP contribution in [-0.4, -0.2) is 82.0 Å². The molecule has 0 fully saturated rings. The largest absolute Gasteiger partial charge is 0.497 e. The van der Waals surface area contributed by atoms with Crippen LogP contribution in [0.25, 0.3) is 0 Å². The van der Waals surface area contributed by atoms with Crippen molar-refractivity contribution >= 4 is 21.6 Å². The molecule has 11 nitrogen and oxygen atoms in total. The van der Waals surface area contributed by atoms with Gasteiger partial charge in [0.15, 0.2) is 11.5 Å². The number of likely N-dealkylation sites (N-methyl/N-ethyl adjacent to an activating group) is 1. The fourth-order valence-corrected chi connectivity index (χ4v) is 6.25. The summed E-state index contributed by atoms with van der Waals surface area (Å²) in [7, 11) is -0.438. The molecule has 2 aliphatic rings. The van der Waals surface area contributed by atoms with Gasteiger partial charge in [0.05, 0.1) is 30.2 Å². The van der Waals surface area contributed by atoms with Crippen LogP contribution in [0.4, 0.5) is 5.69 Å². The van der Waals surface area contributed by atoms with Gasteiger partial charge in [-0.15, -0.1) is 0 Å². The topological polar surface area (TPSA) is 127 Å². The van der Waals surface area contributed by atoms with Crippen LogP contribution in [0.2, 0.25) is 0 Å². The molecule has 0 saturated carbocycles. The van der Waals surface area contributed by atoms with Crippen molar-refractivity contribution in [1.29, 1.82) is 0 Å². The number of amides is 1. The number of nitrogens with one attached hydrogen (secondary N) is 1. The van der Waals surface area contributed by atoms with Crippen molar-refractivity contribution in [2.45, 2.75) is 37.4 Å². The number of methoxy groups -OCH3 is 1. The fourth-order valence-electron chi connectivity index (χ4n) is 5.20. The van der Waals surface area contributed by atoms with Crippen LogP contribution in [0.15, 0.2) is 65.6 Å². The Kier molecular flexibility index (Phi) is 9.00. The molecule has 1 amide bonds. The van der Waals surface area contributed by atoms with E-state index in [1.165, 1.54) is 25.3 Å². The maximum Gasteiger partial charge on any atom is 0.261 e. The van der Waals surface area contributed by atoms with E-state index in [4.69, 9.17) is 18.9 Å². The zero-order valence-corrected chi connectivity index (χ0v) is 25.5. The molecule has 2 heterocycles. The predicted octanol–water partition coefficient (Wildman–Crippen LogP) is 3.58. The first-order valence-corrected chi connectivity index (χ1v) is 15.5. The number of anilines is 1. The molecule has 0 aromatic heterocycles. The first kappa shape index (κ1) is 30.5. The Bertz CT molecular complexity index is 1560. The number of rotatable bonds is 10. The number of fused-ring (bicyclic) bond motifs is 2. The third kappa shape index (κ3) is 6.82. The van der Waals surface area contributed by atoms with Gasteiger partial charge in [0.2, 0.25) is 6.79 Å². The number of nitrogens with zero attached hydrogens (tertiary/aromatic N) is 2. The number of ether oxygens (including phenoxy) is 4. The quantitative estimate of drug-likeness (QED) is 0.354. The molecule has 43 heavy (non-hydrogen) atoms. The maximum atomic E-state index is 13.8. The summed E-state index contributed by atoms with van der Waals surface area (Å²) >= 11 is 0. The zero-order chi connectivity index (χ0) is 30.7. The van der Waals surface area contributed by atoms with Crippen LogP contribution in [0.1, 0.15) is 29.8 Å². The Morgan fingerprint density at radius 1 is 1.07 bits per heavy atom. The first-order chi connectivity index (χ1) is 20.6. The van der Waals surface area contributed by atoms with E-state index in [0.29, 0.717) is 31.1 Å². The second-order valence-corrected chi connectivity index (χ2v) is 12.7. The molecule has 3 atom stereocenters. The van der Waals surface area contributed by atoms with Crippen LogP contribution in [0.3, 0.4) is 0 Å². The van der Waals surface area contributed by atoms with Gasteiger partial charge in [0.1, 0.15) is 17.6 Å². The smallest absolute Gasteiger partial charge is 0.261 e. The van der Waals surface area contributed by atoms with Crippen molar-refractivity contribution in [2.24, 2.45) is 5.92 Å². The summed E-state index contributed by atoms with van der Waals surface area (Å²) in [6.07, 6.45) is -0.305. The molecule has 5 rings (SSSR count). The standard InChI is InChI=1S/C31H37N3O8S/c1-20-15-34(21(2)18-35)31(36)26-14-23(32-43(37,38)25-9-7-24(39-4)8-10-25)6-12-27(26)42-30(20)17-33(3)16-22-5-11-28-29(13-22)41-19-40-28/h5-14,20-21,30,32,35H,15-19H2,1-4H3/t20-,21-,30-/m0/s1. The third-order valence-electron chi connectivity index (χ3n) is 7.67. The average Bonchev–Trinajstić information content (AvgIpc) is 3.46. The van der Waals surface area contributed by atoms with Gasteiger partial charge in [0, 0.05) is 31.2 Å². The summed E-state index contributed by atoms with van der Waals surface area (Å²) in [6.45, 7) is 5.34. The minimum Gasteiger partial charge on any atom is -0.497 e. The number of hydrogen-bond acceptors (Lipinski definition) is 9. The van der Waals surface area contributed by atoms with Crippen molar-refractivity contribution in [3.63, 3.8) is 0 Å². The number of carbonyl (C=O) groups is 1. The highest BCUT2D eigenvalue weighted by Gasteiger charge is 2.34. The van der Waals surface area contributed by atoms with Gasteiger partial charge in [-0.1, -0.05) is 13.0 Å². The van der Waals surface area contributed by atoms with Gasteiger partial charge < -0.3 is 29.0 Å². The van der Waals surface area contributed by atoms with Gasteiger partial charge in [0.25, 0.3) is 15.9 Å². The van der Waals surface area contributed by atoms with E-state index in [9.17, 15) is 18.3 Å². The molecule has 0 aliphatic carbocycles. The molecule has 230 valence electrons. The van der Waals surface area contributed by atoms with Gasteiger partial charge in [-0.2, -0.15) is 0 Å². The Labute approximate surface area is 252 Å². The minimum atomic E-state index is -3.94. The monoisotopic (exact) mass is 611 g/mol. The van der Waals surface area contributed by atoms with Crippen LogP contribution in [0.5, 0.6) is 23.0 Å². The number of carbonyl (C=O) groups excluding carboxylic acids is 1. The Morgan fingerprint density at radius 2 is 1.79 bits per heavy atom. The molecule has 2 N–H and O–H groups in total. The summed E-state index contributed by atoms with van der Waals surface area (Å²) in [4.78, 5) is 17.6. The lowest BCUT2D eigenvalue weighted by Gasteiger charge is -2.38. The van der Waals surface area contributed by atoms with E-state index in [1.54, 1.807) is 36.1 Å². The van der Waals surface area contributed by atoms with Crippen molar-refractivity contribution < 1.29 is 37.3 Å². The van der Waals surface area contributed by atoms with Gasteiger partial charge in [-0.05, 0) is 74.1 Å². The average molecular weight is 612 g/mol. The van der Waals surface area contributed by atoms with Crippen LogP contribution < -0.4 is 23.7 Å². The van der Waals surface area contributed by atoms with Crippen molar-refractivity contribution in [1.82, 2.24) is 9.80 Å². The summed E-state index contributed by atoms with van der Waals surface area (Å²) in [5.74, 6) is 1.92. The molecular weight excluding hydrogens is 574 g/mol. The summed E-state index contributed by atoms with van der Waals surface area (Å²) in [5.41, 5.74) is 1.49. The van der Waals surface area contributed by atoms with E-state index in [0.717, 1.165) is 17.1 Å². The molecule has 0 radical (unpaired) electrons. The predicted molar refractivity (Wildman–Crippen MR) is 160 cm³/mol. The molecular formula is C31H37N3O8S. The van der Waals surface area contributed by atoms with E-state index in [2.05, 4.69) is 9.62 Å². The molecule has 0 unspecified atom stereocenters. The number of aliphatic hydroxyl groups is 1. The lowest BCUT2D eigenvalue weighted by molar-refractivity contribution is 0.0341. The molecule has 0 saturated heterocycles. The fraction of sp³-hybridized carbons (Fsp3) is 0.387. The molecule has 3 aromatic rings. The number of hydrogen-bond donors (Lipinski definition) is 2. The molecule has 0 spiro atoms. The van der Waals surface area contributed by atoms with Crippen molar-refractivity contribution in [3.05, 3.63) is 71.8 Å². The van der Waals surface area contributed by atoms with Crippen LogP contribution >= 0.6 is 0 Å². The second-order valence-electron chi connectivity index (χ2n) is 11.0. The Balaban J connectivity index is 1.39. The third-order valence-corrected chi connectivity index (χ3v) is 9.07. The van der Waals surface area contributed by atoms with Crippen LogP contribution in [0, 0.1) is 5.92 Å². The van der Waals surface area contributed by atoms with E-state index in [-0.39, 0.29) is 47.5 Å². The lowest BCUT2D eigenvalue weighted by atomic mass is 9.99. The normalized spacial score (nSPS) is 18.8. The molecule has 3 aromatic carbocycles. The Morgan fingerprint density at radius 3 is 2.51 bits per heavy atom. The van der Waals surface area contributed by atoms with Crippen LogP contribution in [-0.2, 0) is 16.6 Å². The van der Waals surface area contributed by atoms with Gasteiger partial charge in [-0.3, -0.25) is 14.4 Å². The van der Waals surface area contributed by atoms with E-state index >= 15 is 0 Å². The maximum absolute atomic E-state index is 13.8. The Hall–Kier alpha value is -4.00. The summed E-state index contributed by atoms with van der Waals surface area (Å²) in [5, 5.41) is 9.96. The highest BCUT2D eigenvalue weighted by molar-refractivity contribution is 7.92. The summed E-state index contributed by atoms with van der Waals surface area (Å²) < 4.78 is 51.3. The highest BCUT2D eigenvalue weighted by Crippen LogP contribution is 2.34. The number of aliphatic hydroxyl groups excluding tert-OH is 1. The second kappa shape index (κ2) is 12.7. The SMILES string of the molecule is COc1ccc(S(=O)(=O)Nc2ccc3c(c2)C(=O)N([C@@H](C)CO)C[C@H](C)[C@H](CN(C)Cc2ccc4c(c2)OCO4)O3)cc1. The minimum absolute atomic E-state index is 0.0533. The first-order valence-electron chi connectivity index (χ1n) is 14.0. The highest BCUT2D eigenvalue weighted by atomic mass is 32.2. The number of benzene rings is 3. The van der Waals surface area contributed by atoms with Crippen molar-refractivity contribution in [3.8, 4) is 23.0 Å². The van der Waals surface area contributed by atoms with Crippen molar-refractivity contribution in [2.75, 3.05) is 45.4 Å². The van der Waals surface area contributed by atoms with Gasteiger partial charge >= 0.3 is 0 Å². The number of sulfonamides is 1. The summed E-state index contributed by atoms with van der Waals surface area (Å²) in [6, 6.07) is 16.1. The van der Waals surface area contributed by atoms with E-state index in [1.807, 2.05) is 32.2 Å². The van der Waals surface area contributed by atoms with E-state index < -0.39 is 16.1 Å². The molecule has 0 bridgehead atoms. The molecule has 2 aliphatic heterocycles. The zero-order valence-electron chi connectivity index (χ0n) is 24.6. The molecule has 12 heteroatoms. The lowest BCUT2D eigenvalue weighted by Crippen LogP contribution is -2.49.